The number of hydrogen-bond acceptors (Lipinski definition) is 5. The second kappa shape index (κ2) is 7.01. The Morgan fingerprint density at radius 2 is 2.00 bits per heavy atom. The summed E-state index contributed by atoms with van der Waals surface area (Å²) in [5.74, 6) is 1.11. The van der Waals surface area contributed by atoms with Crippen LogP contribution in [0, 0.1) is 0 Å². The third kappa shape index (κ3) is 4.21. The van der Waals surface area contributed by atoms with Crippen LogP contribution in [0.25, 0.3) is 11.4 Å². The lowest BCUT2D eigenvalue weighted by Gasteiger charge is -2.17. The van der Waals surface area contributed by atoms with E-state index in [4.69, 9.17) is 4.52 Å². The van der Waals surface area contributed by atoms with Crippen LogP contribution in [-0.4, -0.2) is 19.7 Å². The minimum Gasteiger partial charge on any atom is -0.339 e. The first-order chi connectivity index (χ1) is 11.9. The number of aryl methyl sites for hydroxylation is 2. The summed E-state index contributed by atoms with van der Waals surface area (Å²) in [6.07, 6.45) is 4.94. The first-order valence-electron chi connectivity index (χ1n) is 8.38. The maximum Gasteiger partial charge on any atom is 0.250 e. The van der Waals surface area contributed by atoms with Gasteiger partial charge in [-0.3, -0.25) is 9.78 Å². The van der Waals surface area contributed by atoms with Gasteiger partial charge in [0.05, 0.1) is 0 Å². The molecule has 0 aliphatic carbocycles. The van der Waals surface area contributed by atoms with E-state index in [0.717, 1.165) is 17.7 Å². The highest BCUT2D eigenvalue weighted by molar-refractivity contribution is 5.52. The molecule has 130 valence electrons. The van der Waals surface area contributed by atoms with Crippen molar-refractivity contribution in [1.29, 1.82) is 0 Å². The van der Waals surface area contributed by atoms with Crippen molar-refractivity contribution in [2.75, 3.05) is 0 Å². The summed E-state index contributed by atoms with van der Waals surface area (Å²) in [6.45, 7) is 7.00. The molecular weight excluding hydrogens is 316 g/mol. The molecule has 0 aliphatic heterocycles. The molecule has 3 aromatic rings. The Kier molecular flexibility index (Phi) is 4.79. The normalized spacial score (nSPS) is 11.6. The highest BCUT2D eigenvalue weighted by Gasteiger charge is 2.16. The second-order valence-electron chi connectivity index (χ2n) is 7.03. The van der Waals surface area contributed by atoms with Gasteiger partial charge in [-0.2, -0.15) is 4.98 Å². The minimum atomic E-state index is -0.00118. The molecule has 0 radical (unpaired) electrons. The van der Waals surface area contributed by atoms with E-state index in [2.05, 4.69) is 35.9 Å². The molecule has 6 nitrogen and oxygen atoms in total. The smallest absolute Gasteiger partial charge is 0.250 e. The Morgan fingerprint density at radius 3 is 2.68 bits per heavy atom. The van der Waals surface area contributed by atoms with Gasteiger partial charge in [-0.25, -0.2) is 0 Å². The zero-order valence-corrected chi connectivity index (χ0v) is 14.8. The molecule has 25 heavy (non-hydrogen) atoms. The van der Waals surface area contributed by atoms with E-state index in [-0.39, 0.29) is 11.0 Å². The maximum atomic E-state index is 11.7. The fourth-order valence-electron chi connectivity index (χ4n) is 2.49. The van der Waals surface area contributed by atoms with Gasteiger partial charge in [-0.1, -0.05) is 32.0 Å². The molecule has 0 bridgehead atoms. The van der Waals surface area contributed by atoms with Crippen molar-refractivity contribution in [3.8, 4) is 11.4 Å². The fourth-order valence-corrected chi connectivity index (χ4v) is 2.49. The van der Waals surface area contributed by atoms with Crippen LogP contribution in [0.1, 0.15) is 38.8 Å². The molecule has 3 rings (SSSR count). The van der Waals surface area contributed by atoms with Gasteiger partial charge in [0.15, 0.2) is 0 Å². The highest BCUT2D eigenvalue weighted by Crippen LogP contribution is 2.22. The quantitative estimate of drug-likeness (QED) is 0.714. The van der Waals surface area contributed by atoms with Crippen LogP contribution >= 0.6 is 0 Å². The summed E-state index contributed by atoms with van der Waals surface area (Å²) >= 11 is 0. The average molecular weight is 338 g/mol. The lowest BCUT2D eigenvalue weighted by molar-refractivity contribution is 0.372. The molecule has 0 unspecified atom stereocenters. The van der Waals surface area contributed by atoms with Crippen LogP contribution in [0.5, 0.6) is 0 Å². The molecule has 0 saturated heterocycles. The van der Waals surface area contributed by atoms with Gasteiger partial charge in [0, 0.05) is 48.1 Å². The van der Waals surface area contributed by atoms with Crippen molar-refractivity contribution in [1.82, 2.24) is 19.7 Å². The van der Waals surface area contributed by atoms with Crippen LogP contribution in [0.4, 0.5) is 0 Å². The topological polar surface area (TPSA) is 73.8 Å². The Hall–Kier alpha value is -2.76. The molecule has 3 aromatic heterocycles. The Morgan fingerprint density at radius 1 is 1.16 bits per heavy atom. The van der Waals surface area contributed by atoms with Crippen LogP contribution in [0.15, 0.2) is 52.0 Å². The lowest BCUT2D eigenvalue weighted by Crippen LogP contribution is -2.17. The third-order valence-corrected chi connectivity index (χ3v) is 3.95. The number of pyridine rings is 2. The average Bonchev–Trinajstić information content (AvgIpc) is 3.05. The maximum absolute atomic E-state index is 11.7. The lowest BCUT2D eigenvalue weighted by atomic mass is 9.91. The summed E-state index contributed by atoms with van der Waals surface area (Å²) in [5.41, 5.74) is 1.87. The summed E-state index contributed by atoms with van der Waals surface area (Å²) in [7, 11) is 0. The summed E-state index contributed by atoms with van der Waals surface area (Å²) < 4.78 is 6.98. The molecule has 0 spiro atoms. The van der Waals surface area contributed by atoms with Gasteiger partial charge in [-0.05, 0) is 24.6 Å². The van der Waals surface area contributed by atoms with Gasteiger partial charge < -0.3 is 9.09 Å². The van der Waals surface area contributed by atoms with Gasteiger partial charge in [-0.15, -0.1) is 0 Å². The van der Waals surface area contributed by atoms with E-state index in [1.165, 1.54) is 0 Å². The molecule has 3 heterocycles. The van der Waals surface area contributed by atoms with E-state index in [1.807, 2.05) is 18.2 Å². The molecule has 0 aliphatic rings. The van der Waals surface area contributed by atoms with E-state index in [0.29, 0.717) is 24.7 Å². The predicted molar refractivity (Wildman–Crippen MR) is 95.3 cm³/mol. The van der Waals surface area contributed by atoms with Crippen molar-refractivity contribution in [2.24, 2.45) is 0 Å². The molecule has 6 heteroatoms. The van der Waals surface area contributed by atoms with Crippen LogP contribution in [-0.2, 0) is 18.4 Å². The molecule has 0 N–H and O–H groups in total. The van der Waals surface area contributed by atoms with E-state index in [1.54, 1.807) is 29.1 Å². The zero-order valence-electron chi connectivity index (χ0n) is 14.8. The number of rotatable bonds is 5. The van der Waals surface area contributed by atoms with Gasteiger partial charge in [0.2, 0.25) is 17.3 Å². The summed E-state index contributed by atoms with van der Waals surface area (Å²) in [5, 5.41) is 4.03. The second-order valence-corrected chi connectivity index (χ2v) is 7.03. The van der Waals surface area contributed by atoms with Gasteiger partial charge in [0.25, 0.3) is 0 Å². The largest absolute Gasteiger partial charge is 0.339 e. The molecule has 0 fully saturated rings. The molecular formula is C19H22N4O2. The summed E-state index contributed by atoms with van der Waals surface area (Å²) in [6, 6.07) is 9.10. The van der Waals surface area contributed by atoms with Crippen molar-refractivity contribution < 1.29 is 4.52 Å². The first kappa shape index (κ1) is 17.1. The zero-order chi connectivity index (χ0) is 17.9. The van der Waals surface area contributed by atoms with Crippen molar-refractivity contribution in [2.45, 2.75) is 45.6 Å². The minimum absolute atomic E-state index is 0.00118. The standard InChI is InChI=1S/C19H22N4O2/c1-19(2,3)15-10-9-14(13-20-15)18-21-16(25-22-18)7-6-12-23-11-5-4-8-17(23)24/h4-5,8-11,13H,6-7,12H2,1-3H3. The fraction of sp³-hybridized carbons (Fsp3) is 0.368. The van der Waals surface area contributed by atoms with Crippen LogP contribution < -0.4 is 5.56 Å². The summed E-state index contributed by atoms with van der Waals surface area (Å²) in [4.78, 5) is 20.6. The van der Waals surface area contributed by atoms with E-state index < -0.39 is 0 Å². The number of nitrogens with zero attached hydrogens (tertiary/aromatic N) is 4. The predicted octanol–water partition coefficient (Wildman–Crippen LogP) is 3.22. The third-order valence-electron chi connectivity index (χ3n) is 3.95. The molecule has 0 amide bonds. The SMILES string of the molecule is CC(C)(C)c1ccc(-c2noc(CCCn3ccccc3=O)n2)cn1. The van der Waals surface area contributed by atoms with Crippen LogP contribution in [0.3, 0.4) is 0 Å². The van der Waals surface area contributed by atoms with Crippen LogP contribution in [0.2, 0.25) is 0 Å². The van der Waals surface area contributed by atoms with Gasteiger partial charge in [0.1, 0.15) is 0 Å². The van der Waals surface area contributed by atoms with Crippen molar-refractivity contribution >= 4 is 0 Å². The monoisotopic (exact) mass is 338 g/mol. The van der Waals surface area contributed by atoms with E-state index in [9.17, 15) is 4.79 Å². The molecule has 0 saturated carbocycles. The Labute approximate surface area is 146 Å². The van der Waals surface area contributed by atoms with Gasteiger partial charge >= 0.3 is 0 Å². The van der Waals surface area contributed by atoms with Crippen molar-refractivity contribution in [3.63, 3.8) is 0 Å². The molecule has 0 aromatic carbocycles. The Balaban J connectivity index is 1.62. The highest BCUT2D eigenvalue weighted by atomic mass is 16.5. The van der Waals surface area contributed by atoms with E-state index >= 15 is 0 Å². The number of aromatic nitrogens is 4. The molecule has 0 atom stereocenters. The number of hydrogen-bond donors (Lipinski definition) is 0. The van der Waals surface area contributed by atoms with Crippen molar-refractivity contribution in [3.05, 3.63) is 64.7 Å². The Bertz CT molecular complexity index is 889. The first-order valence-corrected chi connectivity index (χ1v) is 8.38.